The predicted molar refractivity (Wildman–Crippen MR) is 91.5 cm³/mol. The number of aliphatic carboxylic acids is 1. The van der Waals surface area contributed by atoms with Crippen molar-refractivity contribution in [1.82, 2.24) is 0 Å². The molecule has 6 nitrogen and oxygen atoms in total. The summed E-state index contributed by atoms with van der Waals surface area (Å²) in [4.78, 5) is 22.7. The Labute approximate surface area is 152 Å². The van der Waals surface area contributed by atoms with Crippen molar-refractivity contribution in [2.75, 3.05) is 5.75 Å². The molecule has 1 aliphatic carbocycles. The van der Waals surface area contributed by atoms with E-state index in [1.54, 1.807) is 11.8 Å². The lowest BCUT2D eigenvalue weighted by molar-refractivity contribution is -0.568. The van der Waals surface area contributed by atoms with Gasteiger partial charge >= 0.3 is 5.97 Å². The van der Waals surface area contributed by atoms with Crippen LogP contribution in [0.25, 0.3) is 0 Å². The van der Waals surface area contributed by atoms with Gasteiger partial charge in [0.05, 0.1) is 6.42 Å². The second-order valence-corrected chi connectivity index (χ2v) is 9.49. The third kappa shape index (κ3) is 2.83. The first kappa shape index (κ1) is 18.0. The molecule has 5 fully saturated rings. The van der Waals surface area contributed by atoms with E-state index in [4.69, 9.17) is 24.4 Å². The summed E-state index contributed by atoms with van der Waals surface area (Å²) in [5.41, 5.74) is -0.600. The Morgan fingerprint density at radius 1 is 1.20 bits per heavy atom. The average molecular weight is 372 g/mol. The quantitative estimate of drug-likeness (QED) is 0.758. The van der Waals surface area contributed by atoms with Gasteiger partial charge in [0.1, 0.15) is 5.44 Å². The molecule has 5 rings (SSSR count). The number of carboxylic acids is 1. The van der Waals surface area contributed by atoms with Gasteiger partial charge < -0.3 is 14.6 Å². The number of rotatable bonds is 4. The van der Waals surface area contributed by atoms with Crippen LogP contribution in [-0.2, 0) is 24.0 Å². The first-order valence-corrected chi connectivity index (χ1v) is 10.4. The summed E-state index contributed by atoms with van der Waals surface area (Å²) in [6, 6.07) is 0. The molecule has 4 saturated heterocycles. The largest absolute Gasteiger partial charge is 0.481 e. The summed E-state index contributed by atoms with van der Waals surface area (Å²) < 4.78 is 12.7. The molecule has 2 bridgehead atoms. The highest BCUT2D eigenvalue weighted by molar-refractivity contribution is 7.99. The smallest absolute Gasteiger partial charge is 0.304 e. The first-order chi connectivity index (χ1) is 11.9. The van der Waals surface area contributed by atoms with E-state index >= 15 is 0 Å². The van der Waals surface area contributed by atoms with Gasteiger partial charge in [0.25, 0.3) is 0 Å². The van der Waals surface area contributed by atoms with Crippen molar-refractivity contribution in [1.29, 1.82) is 0 Å². The van der Waals surface area contributed by atoms with E-state index < -0.39 is 23.6 Å². The molecule has 7 heteroatoms. The van der Waals surface area contributed by atoms with Crippen molar-refractivity contribution in [3.05, 3.63) is 0 Å². The highest BCUT2D eigenvalue weighted by atomic mass is 32.2. The fourth-order valence-electron chi connectivity index (χ4n) is 5.32. The van der Waals surface area contributed by atoms with E-state index in [1.807, 2.05) is 6.92 Å². The highest BCUT2D eigenvalue weighted by Crippen LogP contribution is 2.61. The molecule has 25 heavy (non-hydrogen) atoms. The fourth-order valence-corrected chi connectivity index (χ4v) is 6.52. The van der Waals surface area contributed by atoms with Crippen molar-refractivity contribution >= 4 is 17.7 Å². The topological polar surface area (TPSA) is 74.2 Å². The Morgan fingerprint density at radius 3 is 2.76 bits per heavy atom. The second-order valence-electron chi connectivity index (χ2n) is 8.29. The zero-order chi connectivity index (χ0) is 17.8. The van der Waals surface area contributed by atoms with Gasteiger partial charge in [0.2, 0.25) is 5.79 Å². The van der Waals surface area contributed by atoms with E-state index in [0.717, 1.165) is 19.3 Å². The third-order valence-corrected chi connectivity index (χ3v) is 8.00. The van der Waals surface area contributed by atoms with Crippen LogP contribution in [0, 0.1) is 23.7 Å². The van der Waals surface area contributed by atoms with Gasteiger partial charge in [-0.1, -0.05) is 13.8 Å². The SMILES string of the molecule is C[C@H]1[C@@H](SCCC(=O)O)O[C@@H]2O[C@@]3(C)CC[C@H]4[C@H](C)CC[C@@H]1[C@@]24OO3. The zero-order valence-electron chi connectivity index (χ0n) is 15.1. The summed E-state index contributed by atoms with van der Waals surface area (Å²) in [5, 5.41) is 8.91. The predicted octanol–water partition coefficient (Wildman–Crippen LogP) is 3.40. The second kappa shape index (κ2) is 6.37. The van der Waals surface area contributed by atoms with Crippen molar-refractivity contribution in [3.8, 4) is 0 Å². The molecule has 1 N–H and O–H groups in total. The molecule has 4 heterocycles. The number of ether oxygens (including phenoxy) is 2. The zero-order valence-corrected chi connectivity index (χ0v) is 15.9. The molecule has 0 aromatic carbocycles. The molecule has 0 aromatic rings. The van der Waals surface area contributed by atoms with Crippen LogP contribution in [0.1, 0.15) is 52.9 Å². The van der Waals surface area contributed by atoms with Gasteiger partial charge in [-0.15, -0.1) is 11.8 Å². The lowest BCUT2D eigenvalue weighted by atomic mass is 9.58. The lowest BCUT2D eigenvalue weighted by Crippen LogP contribution is -2.70. The van der Waals surface area contributed by atoms with E-state index in [0.29, 0.717) is 23.5 Å². The molecular weight excluding hydrogens is 344 g/mol. The molecule has 0 amide bonds. The minimum atomic E-state index is -0.770. The first-order valence-electron chi connectivity index (χ1n) is 9.39. The van der Waals surface area contributed by atoms with Gasteiger partial charge in [0.15, 0.2) is 11.9 Å². The maximum absolute atomic E-state index is 10.8. The highest BCUT2D eigenvalue weighted by Gasteiger charge is 2.69. The van der Waals surface area contributed by atoms with Crippen LogP contribution >= 0.6 is 11.8 Å². The Bertz CT molecular complexity index is 544. The van der Waals surface area contributed by atoms with Crippen molar-refractivity contribution in [2.24, 2.45) is 23.7 Å². The number of hydrogen-bond donors (Lipinski definition) is 1. The van der Waals surface area contributed by atoms with Crippen LogP contribution in [0.3, 0.4) is 0 Å². The summed E-state index contributed by atoms with van der Waals surface area (Å²) in [6.45, 7) is 6.42. The van der Waals surface area contributed by atoms with E-state index in [-0.39, 0.29) is 17.8 Å². The molecule has 142 valence electrons. The molecule has 0 unspecified atom stereocenters. The van der Waals surface area contributed by atoms with Crippen LogP contribution in [0.2, 0.25) is 0 Å². The van der Waals surface area contributed by atoms with Crippen molar-refractivity contribution in [3.63, 3.8) is 0 Å². The van der Waals surface area contributed by atoms with Crippen LogP contribution in [0.4, 0.5) is 0 Å². The van der Waals surface area contributed by atoms with Crippen LogP contribution in [0.15, 0.2) is 0 Å². The Morgan fingerprint density at radius 2 is 2.00 bits per heavy atom. The standard InChI is InChI=1S/C18H28O6S/c1-10-4-5-13-11(2)15(25-9-7-14(19)20)21-16-18(13)12(10)6-8-17(3,22-16)23-24-18/h10-13,15-16H,4-9H2,1-3H3,(H,19,20)/t10-,11-,12+,13+,15-,16-,17-,18-/m1/s1. The molecular formula is C18H28O6S. The van der Waals surface area contributed by atoms with Gasteiger partial charge in [-0.3, -0.25) is 4.79 Å². The van der Waals surface area contributed by atoms with Crippen molar-refractivity contribution < 1.29 is 29.1 Å². The van der Waals surface area contributed by atoms with Gasteiger partial charge in [-0.05, 0) is 43.9 Å². The van der Waals surface area contributed by atoms with E-state index in [2.05, 4.69) is 13.8 Å². The summed E-state index contributed by atoms with van der Waals surface area (Å²) in [7, 11) is 0. The van der Waals surface area contributed by atoms with Crippen molar-refractivity contribution in [2.45, 2.75) is 76.0 Å². The fraction of sp³-hybridized carbons (Fsp3) is 0.944. The minimum Gasteiger partial charge on any atom is -0.481 e. The monoisotopic (exact) mass is 372 g/mol. The molecule has 0 radical (unpaired) electrons. The molecule has 1 spiro atoms. The maximum Gasteiger partial charge on any atom is 0.304 e. The summed E-state index contributed by atoms with van der Waals surface area (Å²) >= 11 is 1.59. The van der Waals surface area contributed by atoms with Crippen LogP contribution in [-0.4, -0.2) is 39.9 Å². The molecule has 1 saturated carbocycles. The number of thioether (sulfide) groups is 1. The summed E-state index contributed by atoms with van der Waals surface area (Å²) in [5.74, 6) is 0.510. The van der Waals surface area contributed by atoms with Gasteiger partial charge in [-0.2, -0.15) is 0 Å². The molecule has 8 atom stereocenters. The Balaban J connectivity index is 1.62. The number of carbonyl (C=O) groups is 1. The number of carboxylic acid groups (broad SMARTS) is 1. The number of hydrogen-bond acceptors (Lipinski definition) is 6. The third-order valence-electron chi connectivity index (χ3n) is 6.70. The Hall–Kier alpha value is -0.340. The van der Waals surface area contributed by atoms with E-state index in [9.17, 15) is 4.79 Å². The molecule has 4 aliphatic heterocycles. The minimum absolute atomic E-state index is 0.0689. The van der Waals surface area contributed by atoms with Crippen LogP contribution < -0.4 is 0 Å². The summed E-state index contributed by atoms with van der Waals surface area (Å²) in [6.07, 6.45) is 3.79. The van der Waals surface area contributed by atoms with Crippen LogP contribution in [0.5, 0.6) is 0 Å². The average Bonchev–Trinajstić information content (AvgIpc) is 2.78. The lowest BCUT2D eigenvalue weighted by Gasteiger charge is -2.60. The van der Waals surface area contributed by atoms with E-state index in [1.165, 1.54) is 6.42 Å². The maximum atomic E-state index is 10.8. The van der Waals surface area contributed by atoms with Gasteiger partial charge in [-0.25, -0.2) is 9.78 Å². The number of fused-ring (bicyclic) bond motifs is 2. The Kier molecular flexibility index (Phi) is 4.60. The normalized spacial score (nSPS) is 51.6. The molecule has 0 aromatic heterocycles. The van der Waals surface area contributed by atoms with Gasteiger partial charge in [0, 0.05) is 18.1 Å². The molecule has 5 aliphatic rings.